The first-order chi connectivity index (χ1) is 13.9. The van der Waals surface area contributed by atoms with E-state index in [9.17, 15) is 9.18 Å². The summed E-state index contributed by atoms with van der Waals surface area (Å²) in [7, 11) is 1.52. The molecular weight excluding hydrogens is 415 g/mol. The molecule has 1 aromatic heterocycles. The molecule has 6 nitrogen and oxygen atoms in total. The Morgan fingerprint density at radius 2 is 2.03 bits per heavy atom. The van der Waals surface area contributed by atoms with E-state index >= 15 is 0 Å². The minimum atomic E-state index is -0.371. The van der Waals surface area contributed by atoms with E-state index in [0.29, 0.717) is 33.0 Å². The third-order valence-electron chi connectivity index (χ3n) is 4.06. The number of benzene rings is 2. The molecule has 1 amide bonds. The first-order valence-electron chi connectivity index (χ1n) is 8.86. The molecule has 0 saturated heterocycles. The fraction of sp³-hybridized carbons (Fsp3) is 0.250. The van der Waals surface area contributed by atoms with Crippen molar-refractivity contribution in [3.05, 3.63) is 53.3 Å². The van der Waals surface area contributed by atoms with Gasteiger partial charge in [-0.2, -0.15) is 0 Å². The van der Waals surface area contributed by atoms with Crippen molar-refractivity contribution in [3.63, 3.8) is 0 Å². The van der Waals surface area contributed by atoms with Gasteiger partial charge in [0, 0.05) is 11.1 Å². The minimum Gasteiger partial charge on any atom is -0.495 e. The Balaban J connectivity index is 1.77. The summed E-state index contributed by atoms with van der Waals surface area (Å²) in [5.74, 6) is 0.417. The highest BCUT2D eigenvalue weighted by Gasteiger charge is 2.20. The van der Waals surface area contributed by atoms with Crippen molar-refractivity contribution in [2.24, 2.45) is 0 Å². The van der Waals surface area contributed by atoms with Crippen molar-refractivity contribution in [2.45, 2.75) is 25.0 Å². The quantitative estimate of drug-likeness (QED) is 0.526. The predicted octanol–water partition coefficient (Wildman–Crippen LogP) is 5.06. The first kappa shape index (κ1) is 21.1. The molecule has 1 N–H and O–H groups in total. The lowest BCUT2D eigenvalue weighted by atomic mass is 10.2. The number of ether oxygens (including phenoxy) is 1. The van der Waals surface area contributed by atoms with Gasteiger partial charge in [-0.15, -0.1) is 10.2 Å². The molecule has 0 atom stereocenters. The Bertz CT molecular complexity index is 1030. The zero-order chi connectivity index (χ0) is 21.0. The summed E-state index contributed by atoms with van der Waals surface area (Å²) < 4.78 is 21.3. The van der Waals surface area contributed by atoms with Gasteiger partial charge in [-0.1, -0.05) is 35.5 Å². The van der Waals surface area contributed by atoms with Gasteiger partial charge in [-0.25, -0.2) is 4.39 Å². The van der Waals surface area contributed by atoms with Gasteiger partial charge in [0.1, 0.15) is 11.6 Å². The molecule has 0 aliphatic heterocycles. The molecule has 0 unspecified atom stereocenters. The van der Waals surface area contributed by atoms with Crippen LogP contribution in [0.3, 0.4) is 0 Å². The molecule has 3 aromatic rings. The Morgan fingerprint density at radius 3 is 2.72 bits per heavy atom. The topological polar surface area (TPSA) is 69.0 Å². The molecule has 0 aliphatic rings. The molecule has 2 aromatic carbocycles. The number of methoxy groups -OCH3 is 1. The van der Waals surface area contributed by atoms with E-state index in [1.54, 1.807) is 36.4 Å². The van der Waals surface area contributed by atoms with E-state index in [1.165, 1.54) is 24.9 Å². The Labute approximate surface area is 177 Å². The average molecular weight is 435 g/mol. The van der Waals surface area contributed by atoms with Gasteiger partial charge in [0.25, 0.3) is 0 Å². The van der Waals surface area contributed by atoms with Crippen LogP contribution in [0, 0.1) is 5.82 Å². The molecule has 0 fully saturated rings. The van der Waals surface area contributed by atoms with Gasteiger partial charge in [0.05, 0.1) is 24.1 Å². The maximum absolute atomic E-state index is 14.2. The fourth-order valence-corrected chi connectivity index (χ4v) is 3.80. The Hall–Kier alpha value is -2.58. The molecule has 152 valence electrons. The van der Waals surface area contributed by atoms with Crippen molar-refractivity contribution in [2.75, 3.05) is 18.2 Å². The molecule has 3 rings (SSSR count). The molecule has 0 radical (unpaired) electrons. The molecular formula is C20H20ClFN4O2S. The van der Waals surface area contributed by atoms with Gasteiger partial charge in [0.2, 0.25) is 5.91 Å². The van der Waals surface area contributed by atoms with E-state index < -0.39 is 0 Å². The lowest BCUT2D eigenvalue weighted by molar-refractivity contribution is -0.113. The van der Waals surface area contributed by atoms with Crippen LogP contribution >= 0.6 is 23.4 Å². The Morgan fingerprint density at radius 1 is 1.28 bits per heavy atom. The molecule has 9 heteroatoms. The summed E-state index contributed by atoms with van der Waals surface area (Å²) >= 11 is 7.22. The fourth-order valence-electron chi connectivity index (χ4n) is 2.76. The van der Waals surface area contributed by atoms with Crippen LogP contribution in [0.4, 0.5) is 10.1 Å². The van der Waals surface area contributed by atoms with Crippen molar-refractivity contribution in [3.8, 4) is 17.1 Å². The summed E-state index contributed by atoms with van der Waals surface area (Å²) in [6.07, 6.45) is 0. The van der Waals surface area contributed by atoms with Gasteiger partial charge >= 0.3 is 0 Å². The van der Waals surface area contributed by atoms with Crippen LogP contribution in [0.15, 0.2) is 47.6 Å². The van der Waals surface area contributed by atoms with Crippen LogP contribution in [0.25, 0.3) is 11.4 Å². The summed E-state index contributed by atoms with van der Waals surface area (Å²) in [4.78, 5) is 12.4. The number of carbonyl (C=O) groups excluding carboxylic acids is 1. The number of anilines is 1. The second kappa shape index (κ2) is 9.28. The van der Waals surface area contributed by atoms with Crippen LogP contribution < -0.4 is 10.1 Å². The minimum absolute atomic E-state index is 0.0156. The summed E-state index contributed by atoms with van der Waals surface area (Å²) in [6.45, 7) is 3.91. The number of nitrogens with zero attached hydrogens (tertiary/aromatic N) is 3. The second-order valence-corrected chi connectivity index (χ2v) is 7.81. The Kier molecular flexibility index (Phi) is 6.76. The standard InChI is InChI=1S/C20H20ClFN4O2S/c1-12(2)26-19(14-6-4-5-7-15(14)22)24-25-20(26)29-11-18(27)23-16-10-13(21)8-9-17(16)28-3/h4-10,12H,11H2,1-3H3,(H,23,27). The predicted molar refractivity (Wildman–Crippen MR) is 113 cm³/mol. The van der Waals surface area contributed by atoms with E-state index in [4.69, 9.17) is 16.3 Å². The number of thioether (sulfide) groups is 1. The van der Waals surface area contributed by atoms with Crippen molar-refractivity contribution < 1.29 is 13.9 Å². The number of aromatic nitrogens is 3. The third-order valence-corrected chi connectivity index (χ3v) is 5.24. The third kappa shape index (κ3) is 4.89. The number of rotatable bonds is 7. The number of nitrogens with one attached hydrogen (secondary N) is 1. The highest BCUT2D eigenvalue weighted by atomic mass is 35.5. The molecule has 0 saturated carbocycles. The monoisotopic (exact) mass is 434 g/mol. The van der Waals surface area contributed by atoms with Gasteiger partial charge in [-0.05, 0) is 44.2 Å². The average Bonchev–Trinajstić information content (AvgIpc) is 3.11. The lowest BCUT2D eigenvalue weighted by Gasteiger charge is -2.14. The second-order valence-electron chi connectivity index (χ2n) is 6.43. The largest absolute Gasteiger partial charge is 0.495 e. The zero-order valence-corrected chi connectivity index (χ0v) is 17.7. The number of halogens is 2. The maximum atomic E-state index is 14.2. The van der Waals surface area contributed by atoms with E-state index in [0.717, 1.165) is 0 Å². The van der Waals surface area contributed by atoms with Crippen LogP contribution in [-0.4, -0.2) is 33.5 Å². The van der Waals surface area contributed by atoms with Gasteiger partial charge in [-0.3, -0.25) is 9.36 Å². The van der Waals surface area contributed by atoms with Crippen LogP contribution in [0.2, 0.25) is 5.02 Å². The van der Waals surface area contributed by atoms with Crippen molar-refractivity contribution >= 4 is 35.0 Å². The lowest BCUT2D eigenvalue weighted by Crippen LogP contribution is -2.15. The van der Waals surface area contributed by atoms with E-state index in [-0.39, 0.29) is 23.5 Å². The van der Waals surface area contributed by atoms with E-state index in [2.05, 4.69) is 15.5 Å². The number of hydrogen-bond acceptors (Lipinski definition) is 5. The summed E-state index contributed by atoms with van der Waals surface area (Å²) in [5.41, 5.74) is 0.858. The number of hydrogen-bond donors (Lipinski definition) is 1. The maximum Gasteiger partial charge on any atom is 0.234 e. The summed E-state index contributed by atoms with van der Waals surface area (Å²) in [6, 6.07) is 11.4. The number of amides is 1. The summed E-state index contributed by atoms with van der Waals surface area (Å²) in [5, 5.41) is 12.1. The molecule has 0 spiro atoms. The highest BCUT2D eigenvalue weighted by Crippen LogP contribution is 2.30. The molecule has 29 heavy (non-hydrogen) atoms. The molecule has 0 aliphatic carbocycles. The van der Waals surface area contributed by atoms with Crippen molar-refractivity contribution in [1.29, 1.82) is 0 Å². The molecule has 0 bridgehead atoms. The zero-order valence-electron chi connectivity index (χ0n) is 16.1. The van der Waals surface area contributed by atoms with Crippen LogP contribution in [-0.2, 0) is 4.79 Å². The van der Waals surface area contributed by atoms with Gasteiger partial charge in [0.15, 0.2) is 11.0 Å². The first-order valence-corrected chi connectivity index (χ1v) is 10.2. The molecule has 1 heterocycles. The van der Waals surface area contributed by atoms with E-state index in [1.807, 2.05) is 18.4 Å². The normalized spacial score (nSPS) is 11.0. The smallest absolute Gasteiger partial charge is 0.234 e. The van der Waals surface area contributed by atoms with Crippen LogP contribution in [0.1, 0.15) is 19.9 Å². The number of carbonyl (C=O) groups is 1. The SMILES string of the molecule is COc1ccc(Cl)cc1NC(=O)CSc1nnc(-c2ccccc2F)n1C(C)C. The van der Waals surface area contributed by atoms with Crippen LogP contribution in [0.5, 0.6) is 5.75 Å². The van der Waals surface area contributed by atoms with Crippen molar-refractivity contribution in [1.82, 2.24) is 14.8 Å². The van der Waals surface area contributed by atoms with Gasteiger partial charge < -0.3 is 10.1 Å². The highest BCUT2D eigenvalue weighted by molar-refractivity contribution is 7.99.